The molecule has 0 aliphatic carbocycles. The van der Waals surface area contributed by atoms with Gasteiger partial charge in [-0.25, -0.2) is 0 Å². The lowest BCUT2D eigenvalue weighted by Crippen LogP contribution is -2.45. The highest BCUT2D eigenvalue weighted by molar-refractivity contribution is 5.89. The second-order valence-electron chi connectivity index (χ2n) is 5.16. The number of aromatic amines is 1. The molecule has 2 amide bonds. The first-order chi connectivity index (χ1) is 11.9. The number of nitrogens with one attached hydrogen (secondary N) is 2. The zero-order valence-electron chi connectivity index (χ0n) is 13.7. The molecule has 0 aliphatic rings. The summed E-state index contributed by atoms with van der Waals surface area (Å²) in [7, 11) is 1.19. The number of benzene rings is 1. The van der Waals surface area contributed by atoms with Gasteiger partial charge in [-0.1, -0.05) is 23.4 Å². The van der Waals surface area contributed by atoms with E-state index >= 15 is 0 Å². The van der Waals surface area contributed by atoms with Gasteiger partial charge in [0.25, 0.3) is 0 Å². The van der Waals surface area contributed by atoms with Gasteiger partial charge in [0.2, 0.25) is 11.8 Å². The Labute approximate surface area is 143 Å². The van der Waals surface area contributed by atoms with Gasteiger partial charge in [0.15, 0.2) is 0 Å². The Morgan fingerprint density at radius 2 is 1.92 bits per heavy atom. The first-order valence-electron chi connectivity index (χ1n) is 7.46. The van der Waals surface area contributed by atoms with Crippen LogP contribution in [0.5, 0.6) is 0 Å². The zero-order valence-corrected chi connectivity index (χ0v) is 13.7. The highest BCUT2D eigenvalue weighted by atomic mass is 16.4. The van der Waals surface area contributed by atoms with Gasteiger partial charge in [-0.2, -0.15) is 4.91 Å². The van der Waals surface area contributed by atoms with Crippen LogP contribution in [0.3, 0.4) is 0 Å². The first-order valence-corrected chi connectivity index (χ1v) is 7.46. The number of aromatic nitrogens is 1. The highest BCUT2D eigenvalue weighted by Gasteiger charge is 2.20. The van der Waals surface area contributed by atoms with Gasteiger partial charge < -0.3 is 21.1 Å². The number of nitrogens with two attached hydrogens (primary N) is 1. The molecule has 1 aromatic heterocycles. The van der Waals surface area contributed by atoms with Gasteiger partial charge in [-0.3, -0.25) is 14.4 Å². The summed E-state index contributed by atoms with van der Waals surface area (Å²) in [5.41, 5.74) is 7.11. The molecule has 25 heavy (non-hydrogen) atoms. The van der Waals surface area contributed by atoms with Crippen LogP contribution >= 0.6 is 0 Å². The number of hydrogen-bond donors (Lipinski definition) is 4. The lowest BCUT2D eigenvalue weighted by atomic mass is 10.0. The predicted molar refractivity (Wildman–Crippen MR) is 91.7 cm³/mol. The molecule has 9 heteroatoms. The van der Waals surface area contributed by atoms with Crippen molar-refractivity contribution >= 4 is 28.7 Å². The smallest absolute Gasteiger partial charge is 0.303 e. The average molecular weight is 348 g/mol. The number of H-pyrrole nitrogens is 1. The van der Waals surface area contributed by atoms with E-state index in [0.717, 1.165) is 16.5 Å². The maximum atomic E-state index is 11.7. The Bertz CT molecular complexity index is 756. The number of carboxylic acid groups (broad SMARTS) is 1. The van der Waals surface area contributed by atoms with Crippen LogP contribution in [-0.4, -0.2) is 41.0 Å². The fraction of sp³-hybridized carbons (Fsp3) is 0.312. The molecule has 0 fully saturated rings. The summed E-state index contributed by atoms with van der Waals surface area (Å²) in [6.07, 6.45) is 1.54. The number of nitroso groups, excluding NO2 is 1. The molecule has 9 nitrogen and oxygen atoms in total. The maximum absolute atomic E-state index is 11.7. The zero-order chi connectivity index (χ0) is 18.8. The number of nitrogens with zero attached hydrogens (tertiary/aromatic N) is 1. The number of primary amides is 1. The summed E-state index contributed by atoms with van der Waals surface area (Å²) in [5.74, 6) is -2.23. The van der Waals surface area contributed by atoms with Crippen molar-refractivity contribution in [1.29, 1.82) is 0 Å². The summed E-state index contributed by atoms with van der Waals surface area (Å²) < 4.78 is 0. The van der Waals surface area contributed by atoms with Gasteiger partial charge in [0, 0.05) is 29.9 Å². The lowest BCUT2D eigenvalue weighted by Gasteiger charge is -2.15. The SMILES string of the molecule is CN=O.NC(=O)[C@H](Cc1c[nH]c2ccccc12)NC(=O)CCC(=O)O. The van der Waals surface area contributed by atoms with E-state index in [1.54, 1.807) is 6.20 Å². The average Bonchev–Trinajstić information content (AvgIpc) is 2.96. The fourth-order valence-electron chi connectivity index (χ4n) is 2.23. The number of carbonyl (C=O) groups excluding carboxylic acids is 2. The molecule has 0 unspecified atom stereocenters. The molecule has 1 aromatic carbocycles. The van der Waals surface area contributed by atoms with Crippen LogP contribution in [0.2, 0.25) is 0 Å². The van der Waals surface area contributed by atoms with E-state index in [1.807, 2.05) is 24.3 Å². The number of carboxylic acids is 1. The second-order valence-corrected chi connectivity index (χ2v) is 5.16. The fourth-order valence-corrected chi connectivity index (χ4v) is 2.23. The minimum absolute atomic E-state index is 0.188. The van der Waals surface area contributed by atoms with Crippen molar-refractivity contribution in [1.82, 2.24) is 10.3 Å². The molecule has 2 aromatic rings. The Hall–Kier alpha value is -3.23. The van der Waals surface area contributed by atoms with E-state index in [-0.39, 0.29) is 19.3 Å². The molecule has 1 heterocycles. The van der Waals surface area contributed by atoms with Crippen LogP contribution in [0.1, 0.15) is 18.4 Å². The third kappa shape index (κ3) is 6.42. The molecule has 0 radical (unpaired) electrons. The maximum Gasteiger partial charge on any atom is 0.303 e. The summed E-state index contributed by atoms with van der Waals surface area (Å²) in [5, 5.41) is 14.2. The molecule has 2 rings (SSSR count). The van der Waals surface area contributed by atoms with E-state index < -0.39 is 23.8 Å². The Morgan fingerprint density at radius 3 is 2.52 bits per heavy atom. The van der Waals surface area contributed by atoms with Crippen molar-refractivity contribution in [3.63, 3.8) is 0 Å². The van der Waals surface area contributed by atoms with Gasteiger partial charge in [0.1, 0.15) is 6.04 Å². The minimum Gasteiger partial charge on any atom is -0.481 e. The van der Waals surface area contributed by atoms with Crippen molar-refractivity contribution in [3.05, 3.63) is 40.9 Å². The summed E-state index contributed by atoms with van der Waals surface area (Å²) in [6, 6.07) is 6.71. The Balaban J connectivity index is 0.000000970. The number of fused-ring (bicyclic) bond motifs is 1. The molecular formula is C16H20N4O5. The lowest BCUT2D eigenvalue weighted by molar-refractivity contribution is -0.139. The molecule has 134 valence electrons. The number of hydrogen-bond acceptors (Lipinski definition) is 5. The Morgan fingerprint density at radius 1 is 1.28 bits per heavy atom. The molecule has 5 N–H and O–H groups in total. The van der Waals surface area contributed by atoms with E-state index in [4.69, 9.17) is 15.7 Å². The topological polar surface area (TPSA) is 155 Å². The van der Waals surface area contributed by atoms with Gasteiger partial charge in [-0.15, -0.1) is 0 Å². The van der Waals surface area contributed by atoms with E-state index in [2.05, 4.69) is 15.5 Å². The van der Waals surface area contributed by atoms with E-state index in [9.17, 15) is 14.4 Å². The molecule has 0 spiro atoms. The molecule has 0 aliphatic heterocycles. The highest BCUT2D eigenvalue weighted by Crippen LogP contribution is 2.19. The van der Waals surface area contributed by atoms with Crippen molar-refractivity contribution in [2.24, 2.45) is 10.9 Å². The van der Waals surface area contributed by atoms with Gasteiger partial charge in [0.05, 0.1) is 13.5 Å². The van der Waals surface area contributed by atoms with E-state index in [0.29, 0.717) is 0 Å². The van der Waals surface area contributed by atoms with Crippen LogP contribution in [0, 0.1) is 4.91 Å². The second kappa shape index (κ2) is 9.81. The largest absolute Gasteiger partial charge is 0.481 e. The predicted octanol–water partition coefficient (Wildman–Crippen LogP) is 0.928. The number of para-hydroxylation sites is 1. The van der Waals surface area contributed by atoms with Crippen molar-refractivity contribution < 1.29 is 19.5 Å². The van der Waals surface area contributed by atoms with Crippen LogP contribution in [-0.2, 0) is 20.8 Å². The van der Waals surface area contributed by atoms with E-state index in [1.165, 1.54) is 7.05 Å². The van der Waals surface area contributed by atoms with Crippen LogP contribution in [0.25, 0.3) is 10.9 Å². The van der Waals surface area contributed by atoms with Gasteiger partial charge >= 0.3 is 5.97 Å². The van der Waals surface area contributed by atoms with Crippen LogP contribution in [0.15, 0.2) is 35.6 Å². The third-order valence-electron chi connectivity index (χ3n) is 3.34. The van der Waals surface area contributed by atoms with Gasteiger partial charge in [-0.05, 0) is 11.6 Å². The summed E-state index contributed by atoms with van der Waals surface area (Å²) in [6.45, 7) is 0. The number of rotatable bonds is 7. The molecular weight excluding hydrogens is 328 g/mol. The van der Waals surface area contributed by atoms with Crippen molar-refractivity contribution in [3.8, 4) is 0 Å². The molecule has 0 saturated carbocycles. The summed E-state index contributed by atoms with van der Waals surface area (Å²) in [4.78, 5) is 45.3. The number of carbonyl (C=O) groups is 3. The standard InChI is InChI=1S/C15H17N3O4.CH3NO/c16-15(22)12(18-13(19)5-6-14(20)21)7-9-8-17-11-4-2-1-3-10(9)11;1-2-3/h1-4,8,12,17H,5-7H2,(H2,16,22)(H,18,19)(H,20,21);1H3/t12-;/m0./s1. The molecule has 0 bridgehead atoms. The number of amides is 2. The normalized spacial score (nSPS) is 11.1. The minimum atomic E-state index is -1.07. The van der Waals surface area contributed by atoms with Crippen molar-refractivity contribution in [2.75, 3.05) is 7.05 Å². The summed E-state index contributed by atoms with van der Waals surface area (Å²) >= 11 is 0. The molecule has 0 saturated heterocycles. The van der Waals surface area contributed by atoms with Crippen LogP contribution in [0.4, 0.5) is 0 Å². The number of aliphatic carboxylic acids is 1. The quantitative estimate of drug-likeness (QED) is 0.548. The van der Waals surface area contributed by atoms with Crippen molar-refractivity contribution in [2.45, 2.75) is 25.3 Å². The first kappa shape index (κ1) is 19.8. The molecule has 1 atom stereocenters. The Kier molecular flexibility index (Phi) is 7.77. The third-order valence-corrected chi connectivity index (χ3v) is 3.34. The van der Waals surface area contributed by atoms with Crippen LogP contribution < -0.4 is 11.1 Å². The monoisotopic (exact) mass is 348 g/mol.